The first-order valence-corrected chi connectivity index (χ1v) is 10.7. The summed E-state index contributed by atoms with van der Waals surface area (Å²) in [5.74, 6) is 1.56. The molecule has 30 heavy (non-hydrogen) atoms. The fraction of sp³-hybridized carbons (Fsp3) is 0.480. The van der Waals surface area contributed by atoms with Crippen LogP contribution in [-0.2, 0) is 11.2 Å². The van der Waals surface area contributed by atoms with Crippen molar-refractivity contribution in [1.82, 2.24) is 9.80 Å². The van der Waals surface area contributed by atoms with E-state index < -0.39 is 0 Å². The van der Waals surface area contributed by atoms with E-state index in [4.69, 9.17) is 4.74 Å². The molecular formula is C25H35N3O2. The van der Waals surface area contributed by atoms with Crippen LogP contribution in [0.2, 0.25) is 0 Å². The highest BCUT2D eigenvalue weighted by molar-refractivity contribution is 5.84. The Balaban J connectivity index is 1.84. The maximum absolute atomic E-state index is 13.4. The van der Waals surface area contributed by atoms with E-state index in [1.807, 2.05) is 26.2 Å². The molecule has 0 aromatic heterocycles. The number of hydrogen-bond donors (Lipinski definition) is 0. The minimum Gasteiger partial charge on any atom is -0.497 e. The van der Waals surface area contributed by atoms with Gasteiger partial charge in [-0.15, -0.1) is 0 Å². The second kappa shape index (κ2) is 9.52. The highest BCUT2D eigenvalue weighted by Crippen LogP contribution is 2.36. The third-order valence-electron chi connectivity index (χ3n) is 5.94. The first kappa shape index (κ1) is 22.2. The van der Waals surface area contributed by atoms with Crippen molar-refractivity contribution in [2.45, 2.75) is 38.9 Å². The zero-order valence-electron chi connectivity index (χ0n) is 19.1. The van der Waals surface area contributed by atoms with Gasteiger partial charge in [0, 0.05) is 26.3 Å². The Morgan fingerprint density at radius 3 is 2.20 bits per heavy atom. The maximum atomic E-state index is 13.4. The van der Waals surface area contributed by atoms with Crippen molar-refractivity contribution in [2.75, 3.05) is 39.7 Å². The highest BCUT2D eigenvalue weighted by Gasteiger charge is 2.44. The molecule has 0 bridgehead atoms. The number of rotatable bonds is 8. The molecule has 2 aromatic rings. The molecule has 2 atom stereocenters. The van der Waals surface area contributed by atoms with E-state index in [1.165, 1.54) is 5.56 Å². The van der Waals surface area contributed by atoms with Crippen molar-refractivity contribution in [1.29, 1.82) is 0 Å². The van der Waals surface area contributed by atoms with E-state index in [-0.39, 0.29) is 18.1 Å². The number of likely N-dealkylation sites (N-methyl/N-ethyl adjacent to an activating group) is 1. The minimum atomic E-state index is -0.0700. The molecular weight excluding hydrogens is 374 g/mol. The van der Waals surface area contributed by atoms with E-state index in [0.717, 1.165) is 29.8 Å². The van der Waals surface area contributed by atoms with Crippen LogP contribution in [0.4, 0.5) is 5.69 Å². The van der Waals surface area contributed by atoms with Crippen LogP contribution in [0.5, 0.6) is 5.75 Å². The van der Waals surface area contributed by atoms with Crippen LogP contribution in [0, 0.1) is 5.92 Å². The summed E-state index contributed by atoms with van der Waals surface area (Å²) < 4.78 is 5.26. The molecule has 1 heterocycles. The molecule has 1 aliphatic heterocycles. The fourth-order valence-corrected chi connectivity index (χ4v) is 4.22. The molecule has 1 fully saturated rings. The van der Waals surface area contributed by atoms with Gasteiger partial charge in [0.2, 0.25) is 5.91 Å². The topological polar surface area (TPSA) is 36.0 Å². The van der Waals surface area contributed by atoms with Gasteiger partial charge in [0.1, 0.15) is 11.9 Å². The second-order valence-corrected chi connectivity index (χ2v) is 8.80. The summed E-state index contributed by atoms with van der Waals surface area (Å²) in [5, 5.41) is 0. The summed E-state index contributed by atoms with van der Waals surface area (Å²) in [4.78, 5) is 19.8. The number of hydrogen-bond acceptors (Lipinski definition) is 4. The number of ether oxygens (including phenoxy) is 1. The Morgan fingerprint density at radius 2 is 1.67 bits per heavy atom. The Bertz CT molecular complexity index is 830. The van der Waals surface area contributed by atoms with Gasteiger partial charge in [0.05, 0.1) is 13.2 Å². The van der Waals surface area contributed by atoms with Gasteiger partial charge in [-0.3, -0.25) is 9.69 Å². The molecule has 1 aliphatic rings. The molecule has 1 amide bonds. The molecule has 0 spiro atoms. The average molecular weight is 410 g/mol. The van der Waals surface area contributed by atoms with E-state index in [2.05, 4.69) is 72.0 Å². The summed E-state index contributed by atoms with van der Waals surface area (Å²) in [7, 11) is 7.84. The lowest BCUT2D eigenvalue weighted by molar-refractivity contribution is -0.130. The van der Waals surface area contributed by atoms with E-state index >= 15 is 0 Å². The van der Waals surface area contributed by atoms with Crippen LogP contribution in [-0.4, -0.2) is 56.5 Å². The molecule has 0 aliphatic carbocycles. The summed E-state index contributed by atoms with van der Waals surface area (Å²) in [5.41, 5.74) is 3.53. The number of carbonyl (C=O) groups excluding carboxylic acids is 1. The van der Waals surface area contributed by atoms with E-state index in [9.17, 15) is 4.79 Å². The number of anilines is 1. The highest BCUT2D eigenvalue weighted by atomic mass is 16.5. The molecule has 0 unspecified atom stereocenters. The zero-order chi connectivity index (χ0) is 21.8. The third kappa shape index (κ3) is 4.78. The summed E-state index contributed by atoms with van der Waals surface area (Å²) in [6.45, 7) is 5.06. The number of methoxy groups -OCH3 is 1. The molecule has 5 heteroatoms. The smallest absolute Gasteiger partial charge is 0.241 e. The summed E-state index contributed by atoms with van der Waals surface area (Å²) in [6.07, 6.45) is 1.67. The van der Waals surface area contributed by atoms with Gasteiger partial charge in [0.15, 0.2) is 0 Å². The van der Waals surface area contributed by atoms with Crippen molar-refractivity contribution >= 4 is 11.6 Å². The molecule has 2 aromatic carbocycles. The molecule has 162 valence electrons. The van der Waals surface area contributed by atoms with Gasteiger partial charge in [-0.1, -0.05) is 38.1 Å². The van der Waals surface area contributed by atoms with Crippen LogP contribution >= 0.6 is 0 Å². The molecule has 1 saturated heterocycles. The van der Waals surface area contributed by atoms with Gasteiger partial charge in [0.25, 0.3) is 0 Å². The minimum absolute atomic E-state index is 0.0317. The largest absolute Gasteiger partial charge is 0.497 e. The van der Waals surface area contributed by atoms with Crippen molar-refractivity contribution in [3.05, 3.63) is 59.7 Å². The molecule has 5 nitrogen and oxygen atoms in total. The Kier molecular flexibility index (Phi) is 7.03. The van der Waals surface area contributed by atoms with Crippen LogP contribution < -0.4 is 9.64 Å². The van der Waals surface area contributed by atoms with Crippen LogP contribution in [0.1, 0.15) is 37.6 Å². The van der Waals surface area contributed by atoms with Gasteiger partial charge in [-0.25, -0.2) is 0 Å². The van der Waals surface area contributed by atoms with E-state index in [0.29, 0.717) is 12.5 Å². The van der Waals surface area contributed by atoms with Crippen LogP contribution in [0.25, 0.3) is 0 Å². The normalized spacial score (nSPS) is 19.6. The standard InChI is InChI=1S/C25H35N3O2/c1-18(2)17-23-25(29)28(16-15-19-7-13-22(30-6)14-8-19)24(27(23)5)20-9-11-21(12-10-20)26(3)4/h7-14,18,23-24H,15-17H2,1-6H3/t23-,24-/m0/s1. The number of benzene rings is 2. The molecule has 3 rings (SSSR count). The van der Waals surface area contributed by atoms with Crippen molar-refractivity contribution in [3.8, 4) is 5.75 Å². The summed E-state index contributed by atoms with van der Waals surface area (Å²) in [6, 6.07) is 16.6. The first-order valence-electron chi connectivity index (χ1n) is 10.7. The van der Waals surface area contributed by atoms with E-state index in [1.54, 1.807) is 7.11 Å². The Labute approximate surface area is 181 Å². The number of carbonyl (C=O) groups is 1. The predicted octanol–water partition coefficient (Wildman–Crippen LogP) is 4.19. The lowest BCUT2D eigenvalue weighted by Crippen LogP contribution is -2.33. The first-order chi connectivity index (χ1) is 14.3. The monoisotopic (exact) mass is 409 g/mol. The molecule has 0 N–H and O–H groups in total. The van der Waals surface area contributed by atoms with Gasteiger partial charge < -0.3 is 14.5 Å². The van der Waals surface area contributed by atoms with Crippen molar-refractivity contribution in [3.63, 3.8) is 0 Å². The van der Waals surface area contributed by atoms with Gasteiger partial charge in [-0.2, -0.15) is 0 Å². The second-order valence-electron chi connectivity index (χ2n) is 8.80. The maximum Gasteiger partial charge on any atom is 0.241 e. The number of nitrogens with zero attached hydrogens (tertiary/aromatic N) is 3. The lowest BCUT2D eigenvalue weighted by Gasteiger charge is -2.29. The zero-order valence-corrected chi connectivity index (χ0v) is 19.1. The molecule has 0 radical (unpaired) electrons. The van der Waals surface area contributed by atoms with Gasteiger partial charge >= 0.3 is 0 Å². The average Bonchev–Trinajstić information content (AvgIpc) is 2.96. The van der Waals surface area contributed by atoms with Crippen molar-refractivity contribution in [2.24, 2.45) is 5.92 Å². The van der Waals surface area contributed by atoms with Crippen LogP contribution in [0.15, 0.2) is 48.5 Å². The SMILES string of the molecule is COc1ccc(CCN2C(=O)[C@H](CC(C)C)N(C)[C@@H]2c2ccc(N(C)C)cc2)cc1. The quantitative estimate of drug-likeness (QED) is 0.655. The van der Waals surface area contributed by atoms with Crippen molar-refractivity contribution < 1.29 is 9.53 Å². The Morgan fingerprint density at radius 1 is 1.03 bits per heavy atom. The lowest BCUT2D eigenvalue weighted by atomic mass is 10.0. The molecule has 0 saturated carbocycles. The fourth-order valence-electron chi connectivity index (χ4n) is 4.22. The third-order valence-corrected chi connectivity index (χ3v) is 5.94. The Hall–Kier alpha value is -2.53. The number of amides is 1. The predicted molar refractivity (Wildman–Crippen MR) is 123 cm³/mol. The summed E-state index contributed by atoms with van der Waals surface area (Å²) >= 11 is 0. The van der Waals surface area contributed by atoms with Crippen LogP contribution in [0.3, 0.4) is 0 Å². The van der Waals surface area contributed by atoms with Gasteiger partial charge in [-0.05, 0) is 61.2 Å².